The molecule has 1 heterocycles. The minimum atomic E-state index is -1.07. The lowest BCUT2D eigenvalue weighted by molar-refractivity contribution is 0.0696. The van der Waals surface area contributed by atoms with Crippen LogP contribution in [0.25, 0.3) is 10.9 Å². The van der Waals surface area contributed by atoms with Crippen molar-refractivity contribution >= 4 is 40.6 Å². The zero-order chi connectivity index (χ0) is 22.7. The van der Waals surface area contributed by atoms with E-state index in [0.29, 0.717) is 22.8 Å². The first kappa shape index (κ1) is 20.9. The van der Waals surface area contributed by atoms with E-state index in [1.54, 1.807) is 36.4 Å². The number of aromatic carboxylic acids is 1. The van der Waals surface area contributed by atoms with Crippen molar-refractivity contribution in [3.8, 4) is 0 Å². The minimum absolute atomic E-state index is 0.0799. The number of benzene rings is 3. The van der Waals surface area contributed by atoms with Crippen molar-refractivity contribution in [3.63, 3.8) is 0 Å². The number of anilines is 1. The van der Waals surface area contributed by atoms with Crippen LogP contribution in [0.15, 0.2) is 71.7 Å². The molecule has 0 bridgehead atoms. The average molecular weight is 423 g/mol. The molecule has 0 unspecified atom stereocenters. The molecule has 0 aliphatic rings. The lowest BCUT2D eigenvalue weighted by Crippen LogP contribution is -2.11. The minimum Gasteiger partial charge on any atom is -0.478 e. The van der Waals surface area contributed by atoms with E-state index in [9.17, 15) is 9.90 Å². The van der Waals surface area contributed by atoms with Gasteiger partial charge in [-0.05, 0) is 38.1 Å². The third-order valence-corrected chi connectivity index (χ3v) is 5.05. The van der Waals surface area contributed by atoms with E-state index in [1.807, 2.05) is 38.1 Å². The highest BCUT2D eigenvalue weighted by Gasteiger charge is 2.16. The Morgan fingerprint density at radius 2 is 1.66 bits per heavy atom. The number of para-hydroxylation sites is 1. The molecule has 4 aromatic rings. The summed E-state index contributed by atoms with van der Waals surface area (Å²) in [6.07, 6.45) is 1.48. The van der Waals surface area contributed by atoms with Gasteiger partial charge in [-0.25, -0.2) is 19.8 Å². The summed E-state index contributed by atoms with van der Waals surface area (Å²) in [5.41, 5.74) is 4.51. The summed E-state index contributed by atoms with van der Waals surface area (Å²) in [7, 11) is 0. The molecule has 0 aliphatic heterocycles. The van der Waals surface area contributed by atoms with Gasteiger partial charge >= 0.3 is 5.97 Å². The molecule has 0 saturated heterocycles. The maximum absolute atomic E-state index is 11.6. The fourth-order valence-electron chi connectivity index (χ4n) is 3.46. The van der Waals surface area contributed by atoms with Gasteiger partial charge in [0.25, 0.3) is 5.95 Å². The van der Waals surface area contributed by atoms with Gasteiger partial charge in [-0.1, -0.05) is 48.0 Å². The molecule has 7 nitrogen and oxygen atoms in total. The molecule has 158 valence electrons. The molecule has 0 saturated carbocycles. The molecule has 4 rings (SSSR count). The molecular formula is C25H21N5O2. The number of rotatable bonds is 6. The topological polar surface area (TPSA) is 111 Å². The van der Waals surface area contributed by atoms with Gasteiger partial charge in [-0.2, -0.15) is 0 Å². The van der Waals surface area contributed by atoms with Crippen LogP contribution in [0.2, 0.25) is 0 Å². The Kier molecular flexibility index (Phi) is 5.72. The van der Waals surface area contributed by atoms with Crippen molar-refractivity contribution in [2.75, 3.05) is 5.32 Å². The van der Waals surface area contributed by atoms with Crippen molar-refractivity contribution in [3.05, 3.63) is 94.7 Å². The second kappa shape index (κ2) is 8.77. The smallest absolute Gasteiger partial charge is 0.336 e. The summed E-state index contributed by atoms with van der Waals surface area (Å²) in [5.74, 6) is -0.744. The van der Waals surface area contributed by atoms with E-state index in [1.165, 1.54) is 12.4 Å². The summed E-state index contributed by atoms with van der Waals surface area (Å²) in [6, 6.07) is 19.7. The molecular weight excluding hydrogens is 402 g/mol. The van der Waals surface area contributed by atoms with Crippen molar-refractivity contribution in [1.82, 2.24) is 9.97 Å². The highest BCUT2D eigenvalue weighted by Crippen LogP contribution is 2.22. The molecule has 0 aliphatic carbocycles. The van der Waals surface area contributed by atoms with Crippen LogP contribution in [-0.4, -0.2) is 33.1 Å². The van der Waals surface area contributed by atoms with Gasteiger partial charge in [0.15, 0.2) is 0 Å². The van der Waals surface area contributed by atoms with E-state index in [-0.39, 0.29) is 11.3 Å². The van der Waals surface area contributed by atoms with Gasteiger partial charge in [0.2, 0.25) is 0 Å². The molecule has 0 amide bonds. The summed E-state index contributed by atoms with van der Waals surface area (Å²) in [5, 5.41) is 22.1. The Labute approximate surface area is 185 Å². The van der Waals surface area contributed by atoms with Crippen molar-refractivity contribution in [2.24, 2.45) is 4.99 Å². The number of nitrogens with zero attached hydrogens (tertiary/aromatic N) is 3. The molecule has 0 fully saturated rings. The lowest BCUT2D eigenvalue weighted by Gasteiger charge is -2.12. The zero-order valence-electron chi connectivity index (χ0n) is 17.6. The van der Waals surface area contributed by atoms with Gasteiger partial charge in [0, 0.05) is 22.2 Å². The first-order valence-corrected chi connectivity index (χ1v) is 9.99. The number of carboxylic acids is 1. The maximum atomic E-state index is 11.6. The Hall–Kier alpha value is -4.39. The first-order valence-electron chi connectivity index (χ1n) is 9.99. The summed E-state index contributed by atoms with van der Waals surface area (Å²) >= 11 is 0. The van der Waals surface area contributed by atoms with Crippen LogP contribution in [0.5, 0.6) is 0 Å². The first-order chi connectivity index (χ1) is 15.4. The van der Waals surface area contributed by atoms with Crippen LogP contribution in [-0.2, 0) is 0 Å². The number of carbonyl (C=O) groups is 1. The van der Waals surface area contributed by atoms with Gasteiger partial charge in [-0.15, -0.1) is 0 Å². The number of aromatic nitrogens is 2. The largest absolute Gasteiger partial charge is 0.478 e. The highest BCUT2D eigenvalue weighted by molar-refractivity contribution is 6.18. The molecule has 32 heavy (non-hydrogen) atoms. The molecule has 0 spiro atoms. The normalized spacial score (nSPS) is 11.1. The Morgan fingerprint density at radius 3 is 2.41 bits per heavy atom. The quantitative estimate of drug-likeness (QED) is 0.294. The van der Waals surface area contributed by atoms with Crippen LogP contribution in [0.4, 0.5) is 11.6 Å². The van der Waals surface area contributed by atoms with Crippen LogP contribution < -0.4 is 5.32 Å². The van der Waals surface area contributed by atoms with Crippen molar-refractivity contribution < 1.29 is 9.90 Å². The molecule has 3 aromatic carbocycles. The van der Waals surface area contributed by atoms with Crippen LogP contribution in [0.3, 0.4) is 0 Å². The van der Waals surface area contributed by atoms with E-state index in [0.717, 1.165) is 22.2 Å². The highest BCUT2D eigenvalue weighted by atomic mass is 16.4. The number of carboxylic acid groups (broad SMARTS) is 1. The standard InChI is InChI=1S/C25H21N5O2/c1-15-11-12-22-20(13-15)16(2)29-25(30-22)28-14-27-21-10-6-5-9-19(21)23(26)17-7-3-4-8-18(17)24(31)32/h3-14,26H,1-2H3,(H,31,32)(H,27,28,29,30). The van der Waals surface area contributed by atoms with Crippen molar-refractivity contribution in [1.29, 1.82) is 5.41 Å². The van der Waals surface area contributed by atoms with Crippen LogP contribution in [0.1, 0.15) is 32.7 Å². The molecule has 7 heteroatoms. The number of nitrogens with one attached hydrogen (secondary N) is 2. The summed E-state index contributed by atoms with van der Waals surface area (Å²) in [6.45, 7) is 3.95. The van der Waals surface area contributed by atoms with Crippen LogP contribution in [0, 0.1) is 19.3 Å². The molecule has 1 aromatic heterocycles. The fourth-order valence-corrected chi connectivity index (χ4v) is 3.46. The fraction of sp³-hybridized carbons (Fsp3) is 0.0800. The maximum Gasteiger partial charge on any atom is 0.336 e. The SMILES string of the molecule is Cc1ccc2nc(/N=C\Nc3ccccc3C(=N)c3ccccc3C(=O)O)nc(C)c2c1. The summed E-state index contributed by atoms with van der Waals surface area (Å²) < 4.78 is 0. The second-order valence-corrected chi connectivity index (χ2v) is 7.30. The predicted octanol–water partition coefficient (Wildman–Crippen LogP) is 5.13. The third-order valence-electron chi connectivity index (χ3n) is 5.05. The van der Waals surface area contributed by atoms with Crippen molar-refractivity contribution in [2.45, 2.75) is 13.8 Å². The molecule has 0 atom stereocenters. The molecule has 3 N–H and O–H groups in total. The average Bonchev–Trinajstić information content (AvgIpc) is 2.79. The van der Waals surface area contributed by atoms with E-state index < -0.39 is 5.97 Å². The number of aryl methyl sites for hydroxylation is 2. The molecule has 0 radical (unpaired) electrons. The second-order valence-electron chi connectivity index (χ2n) is 7.30. The lowest BCUT2D eigenvalue weighted by atomic mass is 9.96. The predicted molar refractivity (Wildman–Crippen MR) is 127 cm³/mol. The van der Waals surface area contributed by atoms with Gasteiger partial charge in [0.05, 0.1) is 28.8 Å². The van der Waals surface area contributed by atoms with E-state index >= 15 is 0 Å². The number of fused-ring (bicyclic) bond motifs is 1. The Balaban J connectivity index is 1.61. The zero-order valence-corrected chi connectivity index (χ0v) is 17.6. The van der Waals surface area contributed by atoms with Crippen LogP contribution >= 0.6 is 0 Å². The van der Waals surface area contributed by atoms with E-state index in [2.05, 4.69) is 20.3 Å². The van der Waals surface area contributed by atoms with Gasteiger partial charge in [-0.3, -0.25) is 5.41 Å². The number of aliphatic imine (C=N–C) groups is 1. The summed E-state index contributed by atoms with van der Waals surface area (Å²) in [4.78, 5) is 24.8. The Morgan fingerprint density at radius 1 is 0.969 bits per heavy atom. The van der Waals surface area contributed by atoms with Gasteiger partial charge < -0.3 is 10.4 Å². The monoisotopic (exact) mass is 423 g/mol. The van der Waals surface area contributed by atoms with Gasteiger partial charge in [0.1, 0.15) is 0 Å². The number of hydrogen-bond donors (Lipinski definition) is 3. The van der Waals surface area contributed by atoms with E-state index in [4.69, 9.17) is 5.41 Å². The third kappa shape index (κ3) is 4.22. The number of hydrogen-bond acceptors (Lipinski definition) is 5. The Bertz CT molecular complexity index is 1380.